The Labute approximate surface area is 124 Å². The van der Waals surface area contributed by atoms with Crippen molar-refractivity contribution >= 4 is 0 Å². The van der Waals surface area contributed by atoms with Crippen molar-refractivity contribution in [1.29, 1.82) is 0 Å². The highest BCUT2D eigenvalue weighted by molar-refractivity contribution is 4.87. The molecule has 20 heavy (non-hydrogen) atoms. The Morgan fingerprint density at radius 2 is 2.00 bits per heavy atom. The third-order valence-electron chi connectivity index (χ3n) is 5.53. The number of aliphatic hydroxyl groups is 1. The minimum absolute atomic E-state index is 0.330. The number of nitrogens with zero attached hydrogens (tertiary/aromatic N) is 1. The fraction of sp³-hybridized carbons (Fsp3) is 1.00. The lowest BCUT2D eigenvalue weighted by Crippen LogP contribution is -2.48. The van der Waals surface area contributed by atoms with Crippen LogP contribution in [0.4, 0.5) is 0 Å². The average molecular weight is 282 g/mol. The van der Waals surface area contributed by atoms with E-state index in [0.29, 0.717) is 24.6 Å². The normalized spacial score (nSPS) is 36.1. The van der Waals surface area contributed by atoms with Crippen molar-refractivity contribution < 1.29 is 5.11 Å². The van der Waals surface area contributed by atoms with Crippen LogP contribution in [0.2, 0.25) is 0 Å². The van der Waals surface area contributed by atoms with Crippen LogP contribution in [-0.2, 0) is 0 Å². The molecule has 2 fully saturated rings. The second kappa shape index (κ2) is 8.35. The first-order valence-corrected chi connectivity index (χ1v) is 8.85. The molecule has 3 N–H and O–H groups in total. The molecule has 2 aliphatic rings. The van der Waals surface area contributed by atoms with Crippen LogP contribution < -0.4 is 5.73 Å². The predicted octanol–water partition coefficient (Wildman–Crippen LogP) is 2.77. The van der Waals surface area contributed by atoms with E-state index in [1.807, 2.05) is 0 Å². The van der Waals surface area contributed by atoms with Crippen molar-refractivity contribution in [2.45, 2.75) is 76.8 Å². The summed E-state index contributed by atoms with van der Waals surface area (Å²) in [7, 11) is 0. The smallest absolute Gasteiger partial charge is 0.0445 e. The molecular weight excluding hydrogens is 248 g/mol. The molecule has 0 bridgehead atoms. The van der Waals surface area contributed by atoms with E-state index in [1.165, 1.54) is 64.5 Å². The van der Waals surface area contributed by atoms with Crippen molar-refractivity contribution in [3.8, 4) is 0 Å². The molecule has 3 heteroatoms. The molecule has 0 aromatic rings. The third-order valence-corrected chi connectivity index (χ3v) is 5.53. The van der Waals surface area contributed by atoms with Gasteiger partial charge in [0.1, 0.15) is 0 Å². The van der Waals surface area contributed by atoms with Crippen LogP contribution in [0.1, 0.15) is 64.7 Å². The first kappa shape index (κ1) is 16.3. The van der Waals surface area contributed by atoms with Crippen molar-refractivity contribution in [2.24, 2.45) is 17.6 Å². The number of rotatable bonds is 6. The Morgan fingerprint density at radius 1 is 1.15 bits per heavy atom. The number of hydrogen-bond donors (Lipinski definition) is 2. The quantitative estimate of drug-likeness (QED) is 0.787. The second-order valence-electron chi connectivity index (χ2n) is 7.05. The van der Waals surface area contributed by atoms with Crippen molar-refractivity contribution in [3.63, 3.8) is 0 Å². The highest BCUT2D eigenvalue weighted by Crippen LogP contribution is 2.33. The molecule has 4 unspecified atom stereocenters. The van der Waals surface area contributed by atoms with Crippen LogP contribution in [0, 0.1) is 11.8 Å². The molecule has 2 rings (SSSR count). The SMILES string of the molecule is CCCC1CCC(N)C(CN2CCCCC2CCO)C1. The summed E-state index contributed by atoms with van der Waals surface area (Å²) in [5, 5.41) is 9.25. The highest BCUT2D eigenvalue weighted by atomic mass is 16.3. The maximum Gasteiger partial charge on any atom is 0.0445 e. The van der Waals surface area contributed by atoms with Gasteiger partial charge in [0.25, 0.3) is 0 Å². The minimum atomic E-state index is 0.330. The van der Waals surface area contributed by atoms with Crippen molar-refractivity contribution in [2.75, 3.05) is 19.7 Å². The Morgan fingerprint density at radius 3 is 2.75 bits per heavy atom. The fourth-order valence-corrected chi connectivity index (χ4v) is 4.34. The molecule has 118 valence electrons. The Bertz CT molecular complexity index is 270. The number of hydrogen-bond acceptors (Lipinski definition) is 3. The number of piperidine rings is 1. The van der Waals surface area contributed by atoms with E-state index in [0.717, 1.165) is 12.3 Å². The molecule has 4 atom stereocenters. The molecule has 0 aromatic heterocycles. The Balaban J connectivity index is 1.88. The number of likely N-dealkylation sites (tertiary alicyclic amines) is 1. The van der Waals surface area contributed by atoms with Crippen LogP contribution in [0.15, 0.2) is 0 Å². The maximum absolute atomic E-state index is 9.25. The van der Waals surface area contributed by atoms with Gasteiger partial charge in [-0.2, -0.15) is 0 Å². The zero-order valence-corrected chi connectivity index (χ0v) is 13.3. The summed E-state index contributed by atoms with van der Waals surface area (Å²) < 4.78 is 0. The molecule has 1 aliphatic heterocycles. The predicted molar refractivity (Wildman–Crippen MR) is 84.6 cm³/mol. The fourth-order valence-electron chi connectivity index (χ4n) is 4.34. The molecule has 0 spiro atoms. The van der Waals surface area contributed by atoms with E-state index in [2.05, 4.69) is 11.8 Å². The molecule has 1 heterocycles. The topological polar surface area (TPSA) is 49.5 Å². The molecule has 0 radical (unpaired) electrons. The van der Waals surface area contributed by atoms with Gasteiger partial charge in [0.15, 0.2) is 0 Å². The van der Waals surface area contributed by atoms with Gasteiger partial charge in [0.05, 0.1) is 0 Å². The van der Waals surface area contributed by atoms with Gasteiger partial charge < -0.3 is 10.8 Å². The summed E-state index contributed by atoms with van der Waals surface area (Å²) in [6.07, 6.45) is 11.4. The van der Waals surface area contributed by atoms with E-state index in [-0.39, 0.29) is 0 Å². The van der Waals surface area contributed by atoms with Crippen LogP contribution in [0.25, 0.3) is 0 Å². The number of nitrogens with two attached hydrogens (primary N) is 1. The summed E-state index contributed by atoms with van der Waals surface area (Å²) >= 11 is 0. The lowest BCUT2D eigenvalue weighted by Gasteiger charge is -2.42. The van der Waals surface area contributed by atoms with Gasteiger partial charge in [0, 0.05) is 25.2 Å². The van der Waals surface area contributed by atoms with E-state index in [9.17, 15) is 5.11 Å². The molecular formula is C17H34N2O. The monoisotopic (exact) mass is 282 g/mol. The molecule has 1 saturated carbocycles. The standard InChI is InChI=1S/C17H34N2O/c1-2-5-14-7-8-17(18)15(12-14)13-19-10-4-3-6-16(19)9-11-20/h14-17,20H,2-13,18H2,1H3. The summed E-state index contributed by atoms with van der Waals surface area (Å²) in [6, 6.07) is 1.01. The largest absolute Gasteiger partial charge is 0.396 e. The van der Waals surface area contributed by atoms with Gasteiger partial charge in [-0.1, -0.05) is 26.2 Å². The lowest BCUT2D eigenvalue weighted by atomic mass is 9.76. The maximum atomic E-state index is 9.25. The van der Waals surface area contributed by atoms with Crippen LogP contribution in [-0.4, -0.2) is 41.8 Å². The Hall–Kier alpha value is -0.120. The van der Waals surface area contributed by atoms with Gasteiger partial charge in [-0.05, 0) is 56.9 Å². The van der Waals surface area contributed by atoms with Gasteiger partial charge >= 0.3 is 0 Å². The average Bonchev–Trinajstić information content (AvgIpc) is 2.45. The van der Waals surface area contributed by atoms with Crippen molar-refractivity contribution in [3.05, 3.63) is 0 Å². The van der Waals surface area contributed by atoms with Crippen LogP contribution in [0.3, 0.4) is 0 Å². The van der Waals surface area contributed by atoms with E-state index >= 15 is 0 Å². The Kier molecular flexibility index (Phi) is 6.79. The summed E-state index contributed by atoms with van der Waals surface area (Å²) in [6.45, 7) is 5.01. The summed E-state index contributed by atoms with van der Waals surface area (Å²) in [5.74, 6) is 1.59. The first-order valence-electron chi connectivity index (χ1n) is 8.85. The first-order chi connectivity index (χ1) is 9.74. The molecule has 1 saturated heterocycles. The molecule has 0 aromatic carbocycles. The van der Waals surface area contributed by atoms with Gasteiger partial charge in [-0.25, -0.2) is 0 Å². The van der Waals surface area contributed by atoms with Crippen LogP contribution in [0.5, 0.6) is 0 Å². The molecule has 3 nitrogen and oxygen atoms in total. The minimum Gasteiger partial charge on any atom is -0.396 e. The summed E-state index contributed by atoms with van der Waals surface area (Å²) in [5.41, 5.74) is 6.40. The zero-order chi connectivity index (χ0) is 14.4. The van der Waals surface area contributed by atoms with Gasteiger partial charge in [-0.3, -0.25) is 4.90 Å². The molecule has 1 aliphatic carbocycles. The zero-order valence-electron chi connectivity index (χ0n) is 13.3. The van der Waals surface area contributed by atoms with Crippen molar-refractivity contribution in [1.82, 2.24) is 4.90 Å². The summed E-state index contributed by atoms with van der Waals surface area (Å²) in [4.78, 5) is 2.64. The van der Waals surface area contributed by atoms with E-state index in [4.69, 9.17) is 5.73 Å². The van der Waals surface area contributed by atoms with Gasteiger partial charge in [0.2, 0.25) is 0 Å². The third kappa shape index (κ3) is 4.44. The van der Waals surface area contributed by atoms with Crippen LogP contribution >= 0.6 is 0 Å². The highest BCUT2D eigenvalue weighted by Gasteiger charge is 2.31. The van der Waals surface area contributed by atoms with Gasteiger partial charge in [-0.15, -0.1) is 0 Å². The van der Waals surface area contributed by atoms with E-state index in [1.54, 1.807) is 0 Å². The second-order valence-corrected chi connectivity index (χ2v) is 7.05. The number of aliphatic hydroxyl groups excluding tert-OH is 1. The van der Waals surface area contributed by atoms with E-state index < -0.39 is 0 Å². The lowest BCUT2D eigenvalue weighted by molar-refractivity contribution is 0.0779. The molecule has 0 amide bonds.